The summed E-state index contributed by atoms with van der Waals surface area (Å²) in [7, 11) is 1.80. The second-order valence-corrected chi connectivity index (χ2v) is 20.3. The summed E-state index contributed by atoms with van der Waals surface area (Å²) in [6.45, 7) is 17.9. The average molecular weight is 781 g/mol. The molecule has 3 heterocycles. The predicted molar refractivity (Wildman–Crippen MR) is 202 cm³/mol. The number of fused-ring (bicyclic) bond motifs is 5. The first-order valence-corrected chi connectivity index (χ1v) is 21.3. The summed E-state index contributed by atoms with van der Waals surface area (Å²) in [5, 5.41) is 63.5. The molecule has 316 valence electrons. The summed E-state index contributed by atoms with van der Waals surface area (Å²) in [5.41, 5.74) is 1.62. The molecule has 21 atom stereocenters. The fraction of sp³-hybridized carbons (Fsp3) is 0.953. The molecule has 4 saturated carbocycles. The number of aliphatic hydroxyl groups is 6. The van der Waals surface area contributed by atoms with Gasteiger partial charge in [0.25, 0.3) is 0 Å². The van der Waals surface area contributed by atoms with Gasteiger partial charge < -0.3 is 59.1 Å². The van der Waals surface area contributed by atoms with Gasteiger partial charge in [0.1, 0.15) is 42.7 Å². The molecule has 0 bridgehead atoms. The van der Waals surface area contributed by atoms with Gasteiger partial charge in [0, 0.05) is 13.0 Å². The summed E-state index contributed by atoms with van der Waals surface area (Å²) in [4.78, 5) is 0. The monoisotopic (exact) mass is 781 g/mol. The van der Waals surface area contributed by atoms with Crippen LogP contribution in [-0.2, 0) is 28.4 Å². The van der Waals surface area contributed by atoms with E-state index in [2.05, 4.69) is 54.5 Å². The van der Waals surface area contributed by atoms with Gasteiger partial charge >= 0.3 is 0 Å². The molecule has 3 saturated heterocycles. The Bertz CT molecular complexity index is 1390. The number of hydrogen-bond acceptors (Lipinski definition) is 12. The molecule has 0 radical (unpaired) electrons. The van der Waals surface area contributed by atoms with Gasteiger partial charge in [-0.15, -0.1) is 0 Å². The molecule has 0 spiro atoms. The Balaban J connectivity index is 1.03. The molecular weight excluding hydrogens is 708 g/mol. The van der Waals surface area contributed by atoms with Crippen molar-refractivity contribution in [3.8, 4) is 0 Å². The van der Waals surface area contributed by atoms with Gasteiger partial charge in [-0.05, 0) is 124 Å². The quantitative estimate of drug-likeness (QED) is 0.154. The SMILES string of the molecule is CO[C@@H]1O[C@H](C=C(C)C)C[C@H]1[C@@H]1CC[C@]2(C)[C@@H]3CC[C@H]4C(C)(C)[C@@H](O[C@@H]5O[C@H](CO[C@@H]6O[C@@H](C)[C@H](O)[C@@H](O)[C@H]6O)[C@@H](O)[C@H](O)[C@H]5O)CC[C@]4(C)[C@H]3CC[C@@]12C. The zero-order valence-corrected chi connectivity index (χ0v) is 34.7. The lowest BCUT2D eigenvalue weighted by molar-refractivity contribution is -0.343. The molecule has 3 aliphatic heterocycles. The first kappa shape index (κ1) is 42.4. The van der Waals surface area contributed by atoms with Crippen molar-refractivity contribution in [2.45, 2.75) is 193 Å². The van der Waals surface area contributed by atoms with Crippen molar-refractivity contribution >= 4 is 0 Å². The van der Waals surface area contributed by atoms with Crippen LogP contribution in [0.25, 0.3) is 0 Å². The van der Waals surface area contributed by atoms with E-state index in [-0.39, 0.29) is 46.8 Å². The molecule has 0 aromatic heterocycles. The molecule has 6 N–H and O–H groups in total. The van der Waals surface area contributed by atoms with Gasteiger partial charge in [-0.3, -0.25) is 0 Å². The van der Waals surface area contributed by atoms with Crippen LogP contribution in [0.2, 0.25) is 0 Å². The number of hydrogen-bond donors (Lipinski definition) is 6. The van der Waals surface area contributed by atoms with Crippen LogP contribution in [0.1, 0.15) is 113 Å². The highest BCUT2D eigenvalue weighted by Gasteiger charge is 2.69. The molecule has 12 nitrogen and oxygen atoms in total. The molecule has 0 aromatic rings. The van der Waals surface area contributed by atoms with E-state index >= 15 is 0 Å². The van der Waals surface area contributed by atoms with Crippen molar-refractivity contribution in [3.05, 3.63) is 11.6 Å². The van der Waals surface area contributed by atoms with E-state index in [1.54, 1.807) is 14.0 Å². The van der Waals surface area contributed by atoms with Gasteiger partial charge in [-0.25, -0.2) is 0 Å². The van der Waals surface area contributed by atoms with Crippen molar-refractivity contribution in [1.29, 1.82) is 0 Å². The molecule has 0 amide bonds. The molecule has 0 unspecified atom stereocenters. The minimum atomic E-state index is -1.55. The number of rotatable bonds is 8. The van der Waals surface area contributed by atoms with E-state index in [4.69, 9.17) is 28.4 Å². The lowest BCUT2D eigenvalue weighted by Crippen LogP contribution is -2.64. The highest BCUT2D eigenvalue weighted by atomic mass is 16.7. The third-order valence-corrected chi connectivity index (χ3v) is 17.1. The lowest BCUT2D eigenvalue weighted by atomic mass is 9.38. The summed E-state index contributed by atoms with van der Waals surface area (Å²) < 4.78 is 36.5. The highest BCUT2D eigenvalue weighted by molar-refractivity contribution is 5.17. The first-order chi connectivity index (χ1) is 25.8. The first-order valence-electron chi connectivity index (χ1n) is 21.3. The van der Waals surface area contributed by atoms with Crippen LogP contribution in [0.5, 0.6) is 0 Å². The Morgan fingerprint density at radius 1 is 0.673 bits per heavy atom. The Morgan fingerprint density at radius 2 is 1.31 bits per heavy atom. The Hall–Kier alpha value is -0.740. The Morgan fingerprint density at radius 3 is 1.98 bits per heavy atom. The third kappa shape index (κ3) is 6.92. The summed E-state index contributed by atoms with van der Waals surface area (Å²) in [6, 6.07) is 0. The molecule has 7 rings (SSSR count). The summed E-state index contributed by atoms with van der Waals surface area (Å²) in [5.74, 6) is 2.60. The zero-order valence-electron chi connectivity index (χ0n) is 34.7. The van der Waals surface area contributed by atoms with Crippen LogP contribution in [-0.4, -0.2) is 124 Å². The maximum absolute atomic E-state index is 11.1. The number of methoxy groups -OCH3 is 1. The Labute approximate surface area is 328 Å². The van der Waals surface area contributed by atoms with E-state index in [1.807, 2.05) is 0 Å². The van der Waals surface area contributed by atoms with Crippen LogP contribution in [0, 0.1) is 51.2 Å². The summed E-state index contributed by atoms with van der Waals surface area (Å²) in [6.07, 6.45) is -1.24. The van der Waals surface area contributed by atoms with Crippen LogP contribution in [0.4, 0.5) is 0 Å². The molecule has 7 aliphatic rings. The standard InChI is InChI=1S/C43H72O12/c1-21(2)18-23-19-24(37(50-9)53-23)25-12-16-43(8)27-10-11-29-40(4,5)30(14-15-41(29,6)26(27)13-17-42(25,43)7)55-39-36(49)34(47)32(45)28(54-39)20-51-38-35(48)33(46)31(44)22(3)52-38/h18,22-39,44-49H,10-17,19-20H2,1-9H3/t22-,23+,24-,25-,26-,27+,28+,29-,30-,31-,32+,33+,34-,35+,36+,37+,38+,39-,41+,42-,43+/m0/s1. The van der Waals surface area contributed by atoms with Crippen LogP contribution in [0.3, 0.4) is 0 Å². The van der Waals surface area contributed by atoms with Crippen LogP contribution in [0.15, 0.2) is 11.6 Å². The largest absolute Gasteiger partial charge is 0.388 e. The minimum Gasteiger partial charge on any atom is -0.388 e. The van der Waals surface area contributed by atoms with E-state index in [0.717, 1.165) is 25.7 Å². The van der Waals surface area contributed by atoms with Crippen molar-refractivity contribution in [2.24, 2.45) is 51.2 Å². The van der Waals surface area contributed by atoms with Crippen molar-refractivity contribution in [2.75, 3.05) is 13.7 Å². The number of ether oxygens (including phenoxy) is 6. The zero-order chi connectivity index (χ0) is 40.0. The van der Waals surface area contributed by atoms with E-state index in [1.165, 1.54) is 37.7 Å². The second-order valence-electron chi connectivity index (χ2n) is 20.3. The van der Waals surface area contributed by atoms with Gasteiger partial charge in [-0.2, -0.15) is 0 Å². The maximum atomic E-state index is 11.1. The van der Waals surface area contributed by atoms with Gasteiger partial charge in [-0.1, -0.05) is 46.3 Å². The van der Waals surface area contributed by atoms with Gasteiger partial charge in [0.05, 0.1) is 24.9 Å². The van der Waals surface area contributed by atoms with Crippen LogP contribution >= 0.6 is 0 Å². The summed E-state index contributed by atoms with van der Waals surface area (Å²) >= 11 is 0. The number of allylic oxidation sites excluding steroid dienone is 1. The van der Waals surface area contributed by atoms with Gasteiger partial charge in [0.15, 0.2) is 18.9 Å². The van der Waals surface area contributed by atoms with Gasteiger partial charge in [0.2, 0.25) is 0 Å². The normalized spacial score (nSPS) is 55.0. The smallest absolute Gasteiger partial charge is 0.186 e. The molecule has 4 aliphatic carbocycles. The van der Waals surface area contributed by atoms with E-state index < -0.39 is 61.4 Å². The second kappa shape index (κ2) is 15.4. The minimum absolute atomic E-state index is 0.119. The highest BCUT2D eigenvalue weighted by Crippen LogP contribution is 2.75. The number of aliphatic hydroxyl groups excluding tert-OH is 6. The van der Waals surface area contributed by atoms with Crippen molar-refractivity contribution in [1.82, 2.24) is 0 Å². The average Bonchev–Trinajstić information content (AvgIpc) is 3.65. The third-order valence-electron chi connectivity index (χ3n) is 17.1. The van der Waals surface area contributed by atoms with E-state index in [0.29, 0.717) is 29.6 Å². The molecular formula is C43H72O12. The fourth-order valence-electron chi connectivity index (χ4n) is 13.9. The maximum Gasteiger partial charge on any atom is 0.186 e. The topological polar surface area (TPSA) is 177 Å². The van der Waals surface area contributed by atoms with Crippen molar-refractivity contribution in [3.63, 3.8) is 0 Å². The Kier molecular flexibility index (Phi) is 11.9. The van der Waals surface area contributed by atoms with Crippen molar-refractivity contribution < 1.29 is 59.1 Å². The van der Waals surface area contributed by atoms with E-state index in [9.17, 15) is 30.6 Å². The van der Waals surface area contributed by atoms with Crippen LogP contribution < -0.4 is 0 Å². The predicted octanol–water partition coefficient (Wildman–Crippen LogP) is 4.05. The fourth-order valence-corrected chi connectivity index (χ4v) is 13.9. The molecule has 55 heavy (non-hydrogen) atoms. The molecule has 12 heteroatoms. The molecule has 7 fully saturated rings. The molecule has 0 aromatic carbocycles. The lowest BCUT2D eigenvalue weighted by Gasteiger charge is -2.68.